The van der Waals surface area contributed by atoms with E-state index in [9.17, 15) is 9.59 Å². The number of nitrogens with one attached hydrogen (secondary N) is 1. The second-order valence-corrected chi connectivity index (χ2v) is 9.08. The molecular weight excluding hydrogens is 456 g/mol. The zero-order valence-electron chi connectivity index (χ0n) is 18.9. The highest BCUT2D eigenvalue weighted by Gasteiger charge is 2.42. The van der Waals surface area contributed by atoms with E-state index in [1.165, 1.54) is 18.3 Å². The van der Waals surface area contributed by atoms with Gasteiger partial charge < -0.3 is 15.8 Å². The van der Waals surface area contributed by atoms with Gasteiger partial charge in [-0.3, -0.25) is 19.5 Å². The van der Waals surface area contributed by atoms with E-state index in [1.807, 2.05) is 13.0 Å². The van der Waals surface area contributed by atoms with Gasteiger partial charge in [0.05, 0.1) is 40.4 Å². The van der Waals surface area contributed by atoms with Crippen molar-refractivity contribution in [2.24, 2.45) is 10.7 Å². The van der Waals surface area contributed by atoms with Crippen molar-refractivity contribution in [1.29, 1.82) is 5.26 Å². The van der Waals surface area contributed by atoms with Gasteiger partial charge >= 0.3 is 0 Å². The van der Waals surface area contributed by atoms with E-state index in [1.54, 1.807) is 30.0 Å². The molecule has 9 nitrogen and oxygen atoms in total. The number of halogens is 1. The van der Waals surface area contributed by atoms with Crippen LogP contribution in [0, 0.1) is 11.3 Å². The summed E-state index contributed by atoms with van der Waals surface area (Å²) < 4.78 is 5.59. The first-order chi connectivity index (χ1) is 16.2. The minimum Gasteiger partial charge on any atom is -0.378 e. The van der Waals surface area contributed by atoms with Gasteiger partial charge in [0.15, 0.2) is 5.96 Å². The fourth-order valence-electron chi connectivity index (χ4n) is 4.46. The van der Waals surface area contributed by atoms with Gasteiger partial charge in [-0.15, -0.1) is 0 Å². The maximum Gasteiger partial charge on any atom is 0.274 e. The number of nitriles is 1. The lowest BCUT2D eigenvalue weighted by Gasteiger charge is -2.41. The molecule has 2 aliphatic heterocycles. The Bertz CT molecular complexity index is 1210. The number of rotatable bonds is 4. The molecule has 0 unspecified atom stereocenters. The molecule has 0 aliphatic carbocycles. The number of amides is 2. The summed E-state index contributed by atoms with van der Waals surface area (Å²) in [7, 11) is 0. The van der Waals surface area contributed by atoms with Crippen LogP contribution in [0.1, 0.15) is 54.7 Å². The number of hydrogen-bond acceptors (Lipinski definition) is 7. The molecule has 0 saturated carbocycles. The number of anilines is 1. The normalized spacial score (nSPS) is 24.8. The van der Waals surface area contributed by atoms with Gasteiger partial charge in [0.2, 0.25) is 5.91 Å². The van der Waals surface area contributed by atoms with Crippen molar-refractivity contribution < 1.29 is 14.3 Å². The number of nitrogens with two attached hydrogens (primary N) is 1. The average Bonchev–Trinajstić information content (AvgIpc) is 2.80. The number of pyridine rings is 1. The van der Waals surface area contributed by atoms with Crippen molar-refractivity contribution in [3.8, 4) is 6.07 Å². The Labute approximate surface area is 202 Å². The number of carbonyl (C=O) groups excluding carboxylic acids is 2. The van der Waals surface area contributed by atoms with E-state index in [0.717, 1.165) is 0 Å². The Hall–Kier alpha value is -3.48. The molecule has 3 atom stereocenters. The lowest BCUT2D eigenvalue weighted by molar-refractivity contribution is -0.133. The molecule has 1 fully saturated rings. The first-order valence-corrected chi connectivity index (χ1v) is 11.3. The van der Waals surface area contributed by atoms with E-state index >= 15 is 0 Å². The van der Waals surface area contributed by atoms with E-state index in [-0.39, 0.29) is 41.1 Å². The predicted molar refractivity (Wildman–Crippen MR) is 127 cm³/mol. The van der Waals surface area contributed by atoms with Crippen molar-refractivity contribution >= 4 is 35.1 Å². The summed E-state index contributed by atoms with van der Waals surface area (Å²) in [5.41, 5.74) is 6.63. The van der Waals surface area contributed by atoms with Gasteiger partial charge in [-0.25, -0.2) is 4.99 Å². The summed E-state index contributed by atoms with van der Waals surface area (Å²) in [6.45, 7) is 4.34. The molecule has 10 heteroatoms. The SMILES string of the molecule is C[C@@H]1C[C@H](N2C(=O)C[C@@](C)(c3cccc(NC(=O)c4cc(C#N)ccn4)c3Cl)N=C2N)CCO1. The van der Waals surface area contributed by atoms with Gasteiger partial charge in [-0.2, -0.15) is 5.26 Å². The van der Waals surface area contributed by atoms with Crippen LogP contribution in [0.4, 0.5) is 5.69 Å². The maximum absolute atomic E-state index is 13.2. The largest absolute Gasteiger partial charge is 0.378 e. The summed E-state index contributed by atoms with van der Waals surface area (Å²) >= 11 is 6.68. The Morgan fingerprint density at radius 3 is 2.91 bits per heavy atom. The third kappa shape index (κ3) is 4.60. The summed E-state index contributed by atoms with van der Waals surface area (Å²) in [5.74, 6) is -0.484. The predicted octanol–water partition coefficient (Wildman–Crippen LogP) is 3.19. The second-order valence-electron chi connectivity index (χ2n) is 8.71. The molecule has 1 saturated heterocycles. The van der Waals surface area contributed by atoms with Gasteiger partial charge in [0.1, 0.15) is 5.69 Å². The molecular formula is C24H25ClN6O3. The van der Waals surface area contributed by atoms with Crippen molar-refractivity contribution in [3.63, 3.8) is 0 Å². The zero-order valence-corrected chi connectivity index (χ0v) is 19.7. The van der Waals surface area contributed by atoms with Crippen molar-refractivity contribution in [2.75, 3.05) is 11.9 Å². The molecule has 4 rings (SSSR count). The number of nitrogens with zero attached hydrogens (tertiary/aromatic N) is 4. The molecule has 3 heterocycles. The van der Waals surface area contributed by atoms with Crippen LogP contribution in [0.15, 0.2) is 41.5 Å². The average molecular weight is 481 g/mol. The van der Waals surface area contributed by atoms with E-state index < -0.39 is 11.4 Å². The highest BCUT2D eigenvalue weighted by molar-refractivity contribution is 6.35. The van der Waals surface area contributed by atoms with Crippen LogP contribution in [-0.4, -0.2) is 46.4 Å². The summed E-state index contributed by atoms with van der Waals surface area (Å²) in [6, 6.07) is 9.97. The molecule has 34 heavy (non-hydrogen) atoms. The van der Waals surface area contributed by atoms with Crippen LogP contribution in [0.5, 0.6) is 0 Å². The quantitative estimate of drug-likeness (QED) is 0.690. The monoisotopic (exact) mass is 480 g/mol. The number of guanidine groups is 1. The van der Waals surface area contributed by atoms with E-state index in [0.29, 0.717) is 36.3 Å². The minimum atomic E-state index is -0.995. The Kier molecular flexibility index (Phi) is 6.55. The molecule has 0 radical (unpaired) electrons. The first kappa shape index (κ1) is 23.7. The highest BCUT2D eigenvalue weighted by atomic mass is 35.5. The van der Waals surface area contributed by atoms with Crippen molar-refractivity contribution in [3.05, 3.63) is 58.4 Å². The molecule has 176 valence electrons. The molecule has 0 spiro atoms. The highest BCUT2D eigenvalue weighted by Crippen LogP contribution is 2.41. The number of carbonyl (C=O) groups is 2. The number of aromatic nitrogens is 1. The van der Waals surface area contributed by atoms with E-state index in [2.05, 4.69) is 10.3 Å². The molecule has 1 aromatic carbocycles. The maximum atomic E-state index is 13.2. The smallest absolute Gasteiger partial charge is 0.274 e. The van der Waals surface area contributed by atoms with Crippen LogP contribution in [-0.2, 0) is 15.1 Å². The fraction of sp³-hybridized carbons (Fsp3) is 0.375. The molecule has 2 amide bonds. The summed E-state index contributed by atoms with van der Waals surface area (Å²) in [5, 5.41) is 12.0. The molecule has 2 aliphatic rings. The van der Waals surface area contributed by atoms with Crippen molar-refractivity contribution in [2.45, 2.75) is 50.8 Å². The Morgan fingerprint density at radius 1 is 1.41 bits per heavy atom. The van der Waals surface area contributed by atoms with E-state index in [4.69, 9.17) is 32.3 Å². The Balaban J connectivity index is 1.61. The molecule has 2 aromatic rings. The number of aliphatic imine (C=N–C) groups is 1. The summed E-state index contributed by atoms with van der Waals surface area (Å²) in [4.78, 5) is 36.2. The zero-order chi connectivity index (χ0) is 24.5. The lowest BCUT2D eigenvalue weighted by atomic mass is 9.86. The second kappa shape index (κ2) is 9.41. The summed E-state index contributed by atoms with van der Waals surface area (Å²) in [6.07, 6.45) is 2.92. The standard InChI is InChI=1S/C24H25ClN6O3/c1-14-10-16(7-9-34-14)31-20(32)12-24(2,30-23(31)27)17-4-3-5-18(21(17)25)29-22(33)19-11-15(13-26)6-8-28-19/h3-6,8,11,14,16H,7,9-10,12H2,1-2H3,(H2,27,30)(H,29,33)/t14-,16-,24+/m1/s1. The van der Waals surface area contributed by atoms with Gasteiger partial charge in [-0.1, -0.05) is 23.7 Å². The number of ether oxygens (including phenoxy) is 1. The minimum absolute atomic E-state index is 0.0470. The fourth-order valence-corrected chi connectivity index (χ4v) is 4.84. The van der Waals surface area contributed by atoms with Gasteiger partial charge in [-0.05, 0) is 44.9 Å². The topological polar surface area (TPSA) is 134 Å². The van der Waals surface area contributed by atoms with Gasteiger partial charge in [0.25, 0.3) is 5.91 Å². The van der Waals surface area contributed by atoms with Crippen LogP contribution in [0.3, 0.4) is 0 Å². The van der Waals surface area contributed by atoms with Crippen LogP contribution in [0.2, 0.25) is 5.02 Å². The molecule has 3 N–H and O–H groups in total. The van der Waals surface area contributed by atoms with Crippen molar-refractivity contribution in [1.82, 2.24) is 9.88 Å². The van der Waals surface area contributed by atoms with Crippen LogP contribution in [0.25, 0.3) is 0 Å². The molecule has 0 bridgehead atoms. The number of hydrogen-bond donors (Lipinski definition) is 2. The van der Waals surface area contributed by atoms with Crippen LogP contribution >= 0.6 is 11.6 Å². The Morgan fingerprint density at radius 2 is 2.21 bits per heavy atom. The van der Waals surface area contributed by atoms with Crippen LogP contribution < -0.4 is 11.1 Å². The number of benzene rings is 1. The molecule has 1 aromatic heterocycles. The third-order valence-corrected chi connectivity index (χ3v) is 6.55. The lowest BCUT2D eigenvalue weighted by Crippen LogP contribution is -2.56. The third-order valence-electron chi connectivity index (χ3n) is 6.14. The first-order valence-electron chi connectivity index (χ1n) is 11.0. The van der Waals surface area contributed by atoms with Gasteiger partial charge in [0, 0.05) is 24.4 Å².